The second-order valence-electron chi connectivity index (χ2n) is 7.21. The molecule has 1 aromatic carbocycles. The van der Waals surface area contributed by atoms with Crippen LogP contribution in [0.2, 0.25) is 0 Å². The van der Waals surface area contributed by atoms with Gasteiger partial charge in [0.15, 0.2) is 0 Å². The molecule has 0 aromatic heterocycles. The van der Waals surface area contributed by atoms with E-state index in [2.05, 4.69) is 38.3 Å². The smallest absolute Gasteiger partial charge is 0.306 e. The molecule has 0 saturated heterocycles. The number of amides is 1. The molecule has 5 heteroatoms. The number of benzene rings is 1. The summed E-state index contributed by atoms with van der Waals surface area (Å²) < 4.78 is 5.27. The zero-order valence-corrected chi connectivity index (χ0v) is 16.6. The van der Waals surface area contributed by atoms with Gasteiger partial charge in [0, 0.05) is 13.0 Å². The van der Waals surface area contributed by atoms with Crippen LogP contribution in [0.25, 0.3) is 0 Å². The summed E-state index contributed by atoms with van der Waals surface area (Å²) in [6.07, 6.45) is 1.92. The molecule has 2 N–H and O–H groups in total. The van der Waals surface area contributed by atoms with Gasteiger partial charge in [-0.1, -0.05) is 64.4 Å². The van der Waals surface area contributed by atoms with Gasteiger partial charge in [0.25, 0.3) is 0 Å². The monoisotopic (exact) mass is 362 g/mol. The fourth-order valence-corrected chi connectivity index (χ4v) is 2.50. The molecule has 0 saturated carbocycles. The van der Waals surface area contributed by atoms with Crippen molar-refractivity contribution in [1.82, 2.24) is 10.6 Å². The Bertz CT molecular complexity index is 531. The highest BCUT2D eigenvalue weighted by Crippen LogP contribution is 2.09. The van der Waals surface area contributed by atoms with Gasteiger partial charge in [-0.25, -0.2) is 0 Å². The normalized spacial score (nSPS) is 13.3. The van der Waals surface area contributed by atoms with Crippen molar-refractivity contribution in [2.45, 2.75) is 59.6 Å². The number of ether oxygens (including phenoxy) is 1. The van der Waals surface area contributed by atoms with Gasteiger partial charge in [0.1, 0.15) is 6.61 Å². The van der Waals surface area contributed by atoms with Crippen molar-refractivity contribution in [3.8, 4) is 0 Å². The van der Waals surface area contributed by atoms with E-state index in [-0.39, 0.29) is 23.8 Å². The van der Waals surface area contributed by atoms with Crippen molar-refractivity contribution in [3.63, 3.8) is 0 Å². The van der Waals surface area contributed by atoms with Crippen LogP contribution in [-0.2, 0) is 20.9 Å². The fraction of sp³-hybridized carbons (Fsp3) is 0.619. The molecule has 1 rings (SSSR count). The largest absolute Gasteiger partial charge is 0.461 e. The SMILES string of the molecule is CC[C@H](C)[C@H](NCCCC(=O)OCc1ccccc1)C(=O)NCC(C)C. The van der Waals surface area contributed by atoms with Gasteiger partial charge in [-0.3, -0.25) is 9.59 Å². The van der Waals surface area contributed by atoms with Crippen LogP contribution in [0.3, 0.4) is 0 Å². The van der Waals surface area contributed by atoms with Crippen LogP contribution in [0.4, 0.5) is 0 Å². The first-order chi connectivity index (χ1) is 12.4. The van der Waals surface area contributed by atoms with Crippen molar-refractivity contribution in [2.75, 3.05) is 13.1 Å². The summed E-state index contributed by atoms with van der Waals surface area (Å²) in [5.41, 5.74) is 0.984. The topological polar surface area (TPSA) is 67.4 Å². The number of rotatable bonds is 12. The summed E-state index contributed by atoms with van der Waals surface area (Å²) in [5, 5.41) is 6.30. The minimum atomic E-state index is -0.223. The predicted molar refractivity (Wildman–Crippen MR) is 105 cm³/mol. The van der Waals surface area contributed by atoms with E-state index in [1.807, 2.05) is 30.3 Å². The zero-order chi connectivity index (χ0) is 19.4. The van der Waals surface area contributed by atoms with E-state index in [0.29, 0.717) is 38.5 Å². The van der Waals surface area contributed by atoms with E-state index < -0.39 is 0 Å². The molecule has 0 radical (unpaired) electrons. The van der Waals surface area contributed by atoms with Gasteiger partial charge < -0.3 is 15.4 Å². The Morgan fingerprint density at radius 2 is 1.81 bits per heavy atom. The van der Waals surface area contributed by atoms with Crippen molar-refractivity contribution >= 4 is 11.9 Å². The Labute approximate surface area is 157 Å². The third-order valence-corrected chi connectivity index (χ3v) is 4.34. The molecule has 26 heavy (non-hydrogen) atoms. The van der Waals surface area contributed by atoms with Gasteiger partial charge in [0.2, 0.25) is 5.91 Å². The number of hydrogen-bond acceptors (Lipinski definition) is 4. The third kappa shape index (κ3) is 8.99. The number of hydrogen-bond donors (Lipinski definition) is 2. The molecule has 5 nitrogen and oxygen atoms in total. The average Bonchev–Trinajstić information content (AvgIpc) is 2.64. The highest BCUT2D eigenvalue weighted by molar-refractivity contribution is 5.82. The summed E-state index contributed by atoms with van der Waals surface area (Å²) in [4.78, 5) is 24.2. The second-order valence-corrected chi connectivity index (χ2v) is 7.21. The van der Waals surface area contributed by atoms with Crippen molar-refractivity contribution in [3.05, 3.63) is 35.9 Å². The molecule has 0 heterocycles. The predicted octanol–water partition coefficient (Wildman–Crippen LogP) is 3.29. The lowest BCUT2D eigenvalue weighted by molar-refractivity contribution is -0.145. The molecule has 1 amide bonds. The number of nitrogens with one attached hydrogen (secondary N) is 2. The van der Waals surface area contributed by atoms with Crippen LogP contribution in [-0.4, -0.2) is 31.0 Å². The maximum atomic E-state index is 12.4. The van der Waals surface area contributed by atoms with E-state index in [1.54, 1.807) is 0 Å². The maximum absolute atomic E-state index is 12.4. The van der Waals surface area contributed by atoms with E-state index >= 15 is 0 Å². The van der Waals surface area contributed by atoms with Crippen LogP contribution >= 0.6 is 0 Å². The Morgan fingerprint density at radius 3 is 2.42 bits per heavy atom. The first kappa shape index (κ1) is 22.2. The molecular weight excluding hydrogens is 328 g/mol. The summed E-state index contributed by atoms with van der Waals surface area (Å²) in [5.74, 6) is 0.503. The lowest BCUT2D eigenvalue weighted by Crippen LogP contribution is -2.49. The van der Waals surface area contributed by atoms with E-state index in [4.69, 9.17) is 4.74 Å². The summed E-state index contributed by atoms with van der Waals surface area (Å²) in [6, 6.07) is 9.42. The highest BCUT2D eigenvalue weighted by Gasteiger charge is 2.23. The van der Waals surface area contributed by atoms with Gasteiger partial charge in [-0.05, 0) is 30.4 Å². The van der Waals surface area contributed by atoms with Gasteiger partial charge >= 0.3 is 5.97 Å². The summed E-state index contributed by atoms with van der Waals surface area (Å²) in [6.45, 7) is 9.90. The van der Waals surface area contributed by atoms with Gasteiger partial charge in [-0.2, -0.15) is 0 Å². The molecule has 0 bridgehead atoms. The molecule has 0 aliphatic heterocycles. The molecule has 1 aromatic rings. The maximum Gasteiger partial charge on any atom is 0.306 e. The lowest BCUT2D eigenvalue weighted by atomic mass is 9.98. The van der Waals surface area contributed by atoms with Crippen LogP contribution in [0.1, 0.15) is 52.5 Å². The van der Waals surface area contributed by atoms with E-state index in [0.717, 1.165) is 12.0 Å². The standard InChI is InChI=1S/C21H34N2O3/c1-5-17(4)20(21(25)23-14-16(2)3)22-13-9-12-19(24)26-15-18-10-7-6-8-11-18/h6-8,10-11,16-17,20,22H,5,9,12-15H2,1-4H3,(H,23,25)/t17-,20-/m0/s1. The minimum Gasteiger partial charge on any atom is -0.461 e. The number of carbonyl (C=O) groups is 2. The van der Waals surface area contributed by atoms with Crippen LogP contribution < -0.4 is 10.6 Å². The van der Waals surface area contributed by atoms with Crippen LogP contribution in [0, 0.1) is 11.8 Å². The quantitative estimate of drug-likeness (QED) is 0.442. The van der Waals surface area contributed by atoms with Crippen molar-refractivity contribution in [1.29, 1.82) is 0 Å². The average molecular weight is 363 g/mol. The molecule has 146 valence electrons. The number of carbonyl (C=O) groups excluding carboxylic acids is 2. The Morgan fingerprint density at radius 1 is 1.12 bits per heavy atom. The Kier molecular flexibility index (Phi) is 10.6. The molecule has 0 spiro atoms. The molecule has 2 atom stereocenters. The van der Waals surface area contributed by atoms with Crippen LogP contribution in [0.15, 0.2) is 30.3 Å². The second kappa shape index (κ2) is 12.5. The van der Waals surface area contributed by atoms with Gasteiger partial charge in [-0.15, -0.1) is 0 Å². The Hall–Kier alpha value is -1.88. The third-order valence-electron chi connectivity index (χ3n) is 4.34. The molecule has 0 fully saturated rings. The molecule has 0 unspecified atom stereocenters. The molecule has 0 aliphatic carbocycles. The summed E-state index contributed by atoms with van der Waals surface area (Å²) >= 11 is 0. The van der Waals surface area contributed by atoms with Crippen molar-refractivity contribution in [2.24, 2.45) is 11.8 Å². The summed E-state index contributed by atoms with van der Waals surface area (Å²) in [7, 11) is 0. The molecular formula is C21H34N2O3. The first-order valence-corrected chi connectivity index (χ1v) is 9.64. The van der Waals surface area contributed by atoms with Crippen molar-refractivity contribution < 1.29 is 14.3 Å². The van der Waals surface area contributed by atoms with Gasteiger partial charge in [0.05, 0.1) is 6.04 Å². The zero-order valence-electron chi connectivity index (χ0n) is 16.6. The minimum absolute atomic E-state index is 0.0414. The fourth-order valence-electron chi connectivity index (χ4n) is 2.50. The Balaban J connectivity index is 2.30. The number of esters is 1. The molecule has 0 aliphatic rings. The lowest BCUT2D eigenvalue weighted by Gasteiger charge is -2.24. The van der Waals surface area contributed by atoms with Crippen LogP contribution in [0.5, 0.6) is 0 Å². The highest BCUT2D eigenvalue weighted by atomic mass is 16.5. The van der Waals surface area contributed by atoms with E-state index in [9.17, 15) is 9.59 Å². The first-order valence-electron chi connectivity index (χ1n) is 9.64. The van der Waals surface area contributed by atoms with E-state index in [1.165, 1.54) is 0 Å².